The molecular formula is C10H12N4O2S. The highest BCUT2D eigenvalue weighted by atomic mass is 32.1. The molecule has 0 aliphatic heterocycles. The SMILES string of the molecule is NC(=O)COc1ccc(/C=N\NC(N)=S)cc1. The summed E-state index contributed by atoms with van der Waals surface area (Å²) in [7, 11) is 0. The summed E-state index contributed by atoms with van der Waals surface area (Å²) in [4.78, 5) is 10.5. The average Bonchev–Trinajstić information content (AvgIpc) is 2.27. The predicted octanol–water partition coefficient (Wildman–Crippen LogP) is -0.282. The highest BCUT2D eigenvalue weighted by molar-refractivity contribution is 7.80. The van der Waals surface area contributed by atoms with Gasteiger partial charge in [-0.2, -0.15) is 5.10 Å². The zero-order valence-corrected chi connectivity index (χ0v) is 9.74. The first kappa shape index (κ1) is 12.9. The van der Waals surface area contributed by atoms with Gasteiger partial charge in [0.1, 0.15) is 5.75 Å². The van der Waals surface area contributed by atoms with E-state index in [1.54, 1.807) is 30.5 Å². The Morgan fingerprint density at radius 2 is 2.06 bits per heavy atom. The standard InChI is InChI=1S/C10H12N4O2S/c11-9(15)6-16-8-3-1-7(2-4-8)5-13-14-10(12)17/h1-5H,6H2,(H2,11,15)(H3,12,14,17)/b13-5-. The third kappa shape index (κ3) is 5.47. The zero-order chi connectivity index (χ0) is 12.7. The van der Waals surface area contributed by atoms with Crippen molar-refractivity contribution in [2.45, 2.75) is 0 Å². The van der Waals surface area contributed by atoms with E-state index in [1.807, 2.05) is 0 Å². The van der Waals surface area contributed by atoms with Gasteiger partial charge in [0.15, 0.2) is 11.7 Å². The predicted molar refractivity (Wildman–Crippen MR) is 68.6 cm³/mol. The normalized spacial score (nSPS) is 10.1. The number of ether oxygens (including phenoxy) is 1. The van der Waals surface area contributed by atoms with Crippen LogP contribution in [0.4, 0.5) is 0 Å². The second-order valence-electron chi connectivity index (χ2n) is 3.06. The molecule has 0 fully saturated rings. The van der Waals surface area contributed by atoms with Gasteiger partial charge in [-0.05, 0) is 42.0 Å². The van der Waals surface area contributed by atoms with Crippen LogP contribution in [0.1, 0.15) is 5.56 Å². The number of benzene rings is 1. The number of rotatable bonds is 5. The molecule has 1 amide bonds. The molecule has 17 heavy (non-hydrogen) atoms. The minimum Gasteiger partial charge on any atom is -0.484 e. The van der Waals surface area contributed by atoms with Crippen LogP contribution in [0.15, 0.2) is 29.4 Å². The molecule has 0 bridgehead atoms. The Balaban J connectivity index is 2.52. The third-order valence-corrected chi connectivity index (χ3v) is 1.74. The fourth-order valence-electron chi connectivity index (χ4n) is 0.975. The third-order valence-electron chi connectivity index (χ3n) is 1.65. The van der Waals surface area contributed by atoms with Gasteiger partial charge in [-0.25, -0.2) is 0 Å². The Labute approximate surface area is 104 Å². The molecule has 7 heteroatoms. The van der Waals surface area contributed by atoms with E-state index in [4.69, 9.17) is 16.2 Å². The van der Waals surface area contributed by atoms with Gasteiger partial charge in [0.25, 0.3) is 5.91 Å². The lowest BCUT2D eigenvalue weighted by atomic mass is 10.2. The minimum absolute atomic E-state index is 0.0997. The van der Waals surface area contributed by atoms with E-state index in [0.29, 0.717) is 5.75 Å². The number of nitrogens with two attached hydrogens (primary N) is 2. The van der Waals surface area contributed by atoms with Crippen LogP contribution in [-0.2, 0) is 4.79 Å². The van der Waals surface area contributed by atoms with Crippen molar-refractivity contribution in [1.29, 1.82) is 0 Å². The first-order chi connectivity index (χ1) is 8.08. The van der Waals surface area contributed by atoms with Crippen molar-refractivity contribution in [3.63, 3.8) is 0 Å². The van der Waals surface area contributed by atoms with Gasteiger partial charge in [-0.1, -0.05) is 0 Å². The molecule has 0 aromatic heterocycles. The van der Waals surface area contributed by atoms with Crippen LogP contribution in [0.3, 0.4) is 0 Å². The molecule has 0 saturated heterocycles. The number of carbonyl (C=O) groups is 1. The van der Waals surface area contributed by atoms with Gasteiger partial charge in [-0.15, -0.1) is 0 Å². The average molecular weight is 252 g/mol. The van der Waals surface area contributed by atoms with Gasteiger partial charge < -0.3 is 16.2 Å². The molecule has 0 saturated carbocycles. The van der Waals surface area contributed by atoms with Crippen molar-refractivity contribution < 1.29 is 9.53 Å². The highest BCUT2D eigenvalue weighted by Crippen LogP contribution is 2.10. The van der Waals surface area contributed by atoms with Crippen LogP contribution in [0, 0.1) is 0 Å². The quantitative estimate of drug-likeness (QED) is 0.380. The number of primary amides is 1. The number of nitrogens with one attached hydrogen (secondary N) is 1. The highest BCUT2D eigenvalue weighted by Gasteiger charge is 1.96. The van der Waals surface area contributed by atoms with E-state index in [2.05, 4.69) is 22.7 Å². The number of thiocarbonyl (C=S) groups is 1. The van der Waals surface area contributed by atoms with E-state index >= 15 is 0 Å². The molecule has 1 aromatic rings. The molecule has 0 spiro atoms. The second-order valence-corrected chi connectivity index (χ2v) is 3.50. The fourth-order valence-corrected chi connectivity index (χ4v) is 1.03. The van der Waals surface area contributed by atoms with Crippen LogP contribution >= 0.6 is 12.2 Å². The van der Waals surface area contributed by atoms with E-state index in [-0.39, 0.29) is 11.7 Å². The molecule has 0 atom stereocenters. The van der Waals surface area contributed by atoms with Crippen LogP contribution in [0.5, 0.6) is 5.75 Å². The van der Waals surface area contributed by atoms with Crippen molar-refractivity contribution >= 4 is 29.5 Å². The molecule has 5 N–H and O–H groups in total. The summed E-state index contributed by atoms with van der Waals surface area (Å²) in [6.07, 6.45) is 1.55. The van der Waals surface area contributed by atoms with E-state index in [9.17, 15) is 4.79 Å². The van der Waals surface area contributed by atoms with E-state index in [1.165, 1.54) is 0 Å². The Morgan fingerprint density at radius 1 is 1.41 bits per heavy atom. The largest absolute Gasteiger partial charge is 0.484 e. The minimum atomic E-state index is -0.517. The van der Waals surface area contributed by atoms with Gasteiger partial charge in [0.2, 0.25) is 0 Å². The molecule has 0 aliphatic carbocycles. The molecule has 90 valence electrons. The molecule has 0 aliphatic rings. The Morgan fingerprint density at radius 3 is 2.59 bits per heavy atom. The van der Waals surface area contributed by atoms with Crippen molar-refractivity contribution in [1.82, 2.24) is 5.43 Å². The Hall–Kier alpha value is -2.15. The first-order valence-electron chi connectivity index (χ1n) is 4.67. The number of hydrogen-bond acceptors (Lipinski definition) is 4. The summed E-state index contributed by atoms with van der Waals surface area (Å²) in [5.74, 6) is 0.0413. The lowest BCUT2D eigenvalue weighted by Crippen LogP contribution is -2.23. The summed E-state index contributed by atoms with van der Waals surface area (Å²) < 4.78 is 5.09. The molecule has 1 rings (SSSR count). The van der Waals surface area contributed by atoms with Crippen LogP contribution in [0.25, 0.3) is 0 Å². The molecule has 0 unspecified atom stereocenters. The lowest BCUT2D eigenvalue weighted by molar-refractivity contribution is -0.119. The monoisotopic (exact) mass is 252 g/mol. The maximum atomic E-state index is 10.5. The number of nitrogens with zero attached hydrogens (tertiary/aromatic N) is 1. The summed E-state index contributed by atoms with van der Waals surface area (Å²) in [6, 6.07) is 6.93. The Bertz CT molecular complexity index is 430. The zero-order valence-electron chi connectivity index (χ0n) is 8.92. The van der Waals surface area contributed by atoms with E-state index in [0.717, 1.165) is 5.56 Å². The molecule has 6 nitrogen and oxygen atoms in total. The topological polar surface area (TPSA) is 103 Å². The van der Waals surface area contributed by atoms with Gasteiger partial charge >= 0.3 is 0 Å². The van der Waals surface area contributed by atoms with Crippen molar-refractivity contribution in [2.75, 3.05) is 6.61 Å². The fraction of sp³-hybridized carbons (Fsp3) is 0.100. The first-order valence-corrected chi connectivity index (χ1v) is 5.08. The number of carbonyl (C=O) groups excluding carboxylic acids is 1. The summed E-state index contributed by atoms with van der Waals surface area (Å²) >= 11 is 4.58. The van der Waals surface area contributed by atoms with Gasteiger partial charge in [0.05, 0.1) is 6.21 Å². The van der Waals surface area contributed by atoms with Crippen LogP contribution in [0.2, 0.25) is 0 Å². The summed E-state index contributed by atoms with van der Waals surface area (Å²) in [6.45, 7) is -0.142. The van der Waals surface area contributed by atoms with Gasteiger partial charge in [-0.3, -0.25) is 10.2 Å². The summed E-state index contributed by atoms with van der Waals surface area (Å²) in [5, 5.41) is 3.89. The van der Waals surface area contributed by atoms with Crippen molar-refractivity contribution in [2.24, 2.45) is 16.6 Å². The van der Waals surface area contributed by atoms with E-state index < -0.39 is 5.91 Å². The second kappa shape index (κ2) is 6.44. The van der Waals surface area contributed by atoms with Crippen molar-refractivity contribution in [3.8, 4) is 5.75 Å². The molecule has 1 aromatic carbocycles. The number of amides is 1. The van der Waals surface area contributed by atoms with Crippen LogP contribution < -0.4 is 21.6 Å². The van der Waals surface area contributed by atoms with Crippen molar-refractivity contribution in [3.05, 3.63) is 29.8 Å². The summed E-state index contributed by atoms with van der Waals surface area (Å²) in [5.41, 5.74) is 13.4. The number of hydrogen-bond donors (Lipinski definition) is 3. The lowest BCUT2D eigenvalue weighted by Gasteiger charge is -2.03. The number of hydrazone groups is 1. The van der Waals surface area contributed by atoms with Crippen LogP contribution in [-0.4, -0.2) is 23.8 Å². The molecule has 0 heterocycles. The maximum Gasteiger partial charge on any atom is 0.255 e. The Kier molecular flexibility index (Phi) is 4.89. The smallest absolute Gasteiger partial charge is 0.255 e. The maximum absolute atomic E-state index is 10.5. The molecule has 0 radical (unpaired) electrons. The van der Waals surface area contributed by atoms with Gasteiger partial charge in [0, 0.05) is 0 Å². The molecular weight excluding hydrogens is 240 g/mol.